The Hall–Kier alpha value is -0.690. The van der Waals surface area contributed by atoms with Crippen LogP contribution in [0.15, 0.2) is 24.3 Å². The standard InChI is InChI=1S/C17H27O6PS2/c1-3-13-25-24(18,21-4-2)22-15-9-8-10-16(14-15)23-26(19,20)17-11-6-5-7-12-17/h8-10,14,17H,3-7,11-13H2,1-2H3. The van der Waals surface area contributed by atoms with Crippen LogP contribution >= 0.6 is 18.2 Å². The zero-order valence-corrected chi connectivity index (χ0v) is 17.8. The van der Waals surface area contributed by atoms with Gasteiger partial charge in [0.05, 0.1) is 11.9 Å². The zero-order valence-electron chi connectivity index (χ0n) is 15.3. The third kappa shape index (κ3) is 6.48. The minimum atomic E-state index is -3.68. The average molecular weight is 423 g/mol. The normalized spacial score (nSPS) is 18.2. The van der Waals surface area contributed by atoms with Crippen molar-refractivity contribution >= 4 is 28.3 Å². The molecule has 1 unspecified atom stereocenters. The van der Waals surface area contributed by atoms with Crippen LogP contribution in [-0.2, 0) is 19.2 Å². The van der Waals surface area contributed by atoms with E-state index < -0.39 is 22.2 Å². The van der Waals surface area contributed by atoms with Gasteiger partial charge in [0.2, 0.25) is 0 Å². The quantitative estimate of drug-likeness (QED) is 0.369. The molecule has 0 aliphatic heterocycles. The summed E-state index contributed by atoms with van der Waals surface area (Å²) in [4.78, 5) is 0. The molecule has 0 amide bonds. The first kappa shape index (κ1) is 21.6. The number of benzene rings is 1. The summed E-state index contributed by atoms with van der Waals surface area (Å²) in [5.74, 6) is 1.07. The lowest BCUT2D eigenvalue weighted by Gasteiger charge is -2.22. The summed E-state index contributed by atoms with van der Waals surface area (Å²) < 4.78 is 53.8. The first-order valence-electron chi connectivity index (χ1n) is 9.00. The van der Waals surface area contributed by atoms with Gasteiger partial charge in [-0.25, -0.2) is 4.57 Å². The Morgan fingerprint density at radius 3 is 2.50 bits per heavy atom. The van der Waals surface area contributed by atoms with Gasteiger partial charge in [0.25, 0.3) is 0 Å². The van der Waals surface area contributed by atoms with Crippen LogP contribution in [0.2, 0.25) is 0 Å². The van der Waals surface area contributed by atoms with Crippen LogP contribution in [0, 0.1) is 0 Å². The van der Waals surface area contributed by atoms with Crippen LogP contribution in [-0.4, -0.2) is 26.0 Å². The Morgan fingerprint density at radius 1 is 1.15 bits per heavy atom. The lowest BCUT2D eigenvalue weighted by molar-refractivity contribution is 0.296. The van der Waals surface area contributed by atoms with Crippen molar-refractivity contribution in [1.82, 2.24) is 0 Å². The molecular weight excluding hydrogens is 395 g/mol. The molecule has 0 spiro atoms. The van der Waals surface area contributed by atoms with Gasteiger partial charge < -0.3 is 8.71 Å². The highest BCUT2D eigenvalue weighted by Gasteiger charge is 2.30. The van der Waals surface area contributed by atoms with Crippen LogP contribution in [0.5, 0.6) is 11.5 Å². The Labute approximate surface area is 160 Å². The van der Waals surface area contributed by atoms with E-state index in [1.54, 1.807) is 25.1 Å². The van der Waals surface area contributed by atoms with E-state index in [0.29, 0.717) is 18.6 Å². The second-order valence-corrected chi connectivity index (χ2v) is 12.0. The lowest BCUT2D eigenvalue weighted by atomic mass is 10.0. The fraction of sp³-hybridized carbons (Fsp3) is 0.647. The Balaban J connectivity index is 2.10. The molecule has 0 radical (unpaired) electrons. The highest BCUT2D eigenvalue weighted by molar-refractivity contribution is 8.55. The second-order valence-electron chi connectivity index (χ2n) is 6.10. The summed E-state index contributed by atoms with van der Waals surface area (Å²) in [5.41, 5.74) is 0. The third-order valence-corrected chi connectivity index (χ3v) is 9.60. The minimum Gasteiger partial charge on any atom is -0.417 e. The molecule has 1 aromatic rings. The molecule has 1 saturated carbocycles. The first-order chi connectivity index (χ1) is 12.4. The SMILES string of the molecule is CCCSP(=O)(OCC)Oc1cccc(OS(=O)(=O)C2CCCCC2)c1. The Kier molecular flexibility index (Phi) is 8.33. The highest BCUT2D eigenvalue weighted by atomic mass is 32.7. The highest BCUT2D eigenvalue weighted by Crippen LogP contribution is 2.60. The van der Waals surface area contributed by atoms with Crippen molar-refractivity contribution in [3.05, 3.63) is 24.3 Å². The van der Waals surface area contributed by atoms with Gasteiger partial charge in [0.15, 0.2) is 0 Å². The summed E-state index contributed by atoms with van der Waals surface area (Å²) in [7, 11) is -3.68. The fourth-order valence-corrected chi connectivity index (χ4v) is 7.59. The second kappa shape index (κ2) is 10.0. The molecule has 1 aliphatic carbocycles. The van der Waals surface area contributed by atoms with Crippen molar-refractivity contribution in [2.75, 3.05) is 12.4 Å². The third-order valence-electron chi connectivity index (χ3n) is 3.94. The molecule has 9 heteroatoms. The van der Waals surface area contributed by atoms with Crippen molar-refractivity contribution in [2.45, 2.75) is 57.6 Å². The molecule has 1 aliphatic rings. The molecule has 1 atom stereocenters. The summed E-state index contributed by atoms with van der Waals surface area (Å²) in [6.07, 6.45) is 4.98. The molecule has 0 heterocycles. The van der Waals surface area contributed by atoms with Gasteiger partial charge in [-0.15, -0.1) is 0 Å². The summed E-state index contributed by atoms with van der Waals surface area (Å²) >= 11 is 1.14. The van der Waals surface area contributed by atoms with Crippen LogP contribution in [0.1, 0.15) is 52.4 Å². The van der Waals surface area contributed by atoms with Gasteiger partial charge in [-0.1, -0.05) is 32.3 Å². The van der Waals surface area contributed by atoms with E-state index in [4.69, 9.17) is 13.2 Å². The molecule has 1 fully saturated rings. The van der Waals surface area contributed by atoms with Crippen LogP contribution in [0.3, 0.4) is 0 Å². The monoisotopic (exact) mass is 422 g/mol. The molecule has 6 nitrogen and oxygen atoms in total. The smallest absolute Gasteiger partial charge is 0.417 e. The van der Waals surface area contributed by atoms with E-state index in [1.807, 2.05) is 6.92 Å². The van der Waals surface area contributed by atoms with Crippen molar-refractivity contribution in [2.24, 2.45) is 0 Å². The average Bonchev–Trinajstić information content (AvgIpc) is 2.61. The van der Waals surface area contributed by atoms with Gasteiger partial charge >= 0.3 is 16.9 Å². The van der Waals surface area contributed by atoms with Crippen molar-refractivity contribution in [3.8, 4) is 11.5 Å². The van der Waals surface area contributed by atoms with Gasteiger partial charge in [0, 0.05) is 11.8 Å². The fourth-order valence-electron chi connectivity index (χ4n) is 2.72. The summed E-state index contributed by atoms with van der Waals surface area (Å²) in [6.45, 7) is 0.649. The molecule has 148 valence electrons. The van der Waals surface area contributed by atoms with E-state index in [1.165, 1.54) is 6.07 Å². The van der Waals surface area contributed by atoms with E-state index in [-0.39, 0.29) is 18.1 Å². The Bertz CT molecular complexity index is 716. The Morgan fingerprint density at radius 2 is 1.85 bits per heavy atom. The molecule has 2 rings (SSSR count). The van der Waals surface area contributed by atoms with E-state index in [2.05, 4.69) is 0 Å². The van der Waals surface area contributed by atoms with E-state index in [9.17, 15) is 13.0 Å². The van der Waals surface area contributed by atoms with Crippen LogP contribution < -0.4 is 8.71 Å². The van der Waals surface area contributed by atoms with Gasteiger partial charge in [-0.3, -0.25) is 4.52 Å². The van der Waals surface area contributed by atoms with E-state index in [0.717, 1.165) is 37.1 Å². The van der Waals surface area contributed by atoms with Crippen LogP contribution in [0.25, 0.3) is 0 Å². The summed E-state index contributed by atoms with van der Waals surface area (Å²) in [5, 5.41) is -0.463. The minimum absolute atomic E-state index is 0.164. The molecule has 0 N–H and O–H groups in total. The summed E-state index contributed by atoms with van der Waals surface area (Å²) in [6, 6.07) is 6.22. The topological polar surface area (TPSA) is 78.9 Å². The molecule has 1 aromatic carbocycles. The predicted molar refractivity (Wildman–Crippen MR) is 105 cm³/mol. The maximum atomic E-state index is 12.7. The maximum Gasteiger partial charge on any atom is 0.440 e. The molecule has 26 heavy (non-hydrogen) atoms. The number of rotatable bonds is 10. The first-order valence-corrected chi connectivity index (χ1v) is 13.6. The van der Waals surface area contributed by atoms with Crippen molar-refractivity contribution in [3.63, 3.8) is 0 Å². The molecule has 0 saturated heterocycles. The largest absolute Gasteiger partial charge is 0.440 e. The van der Waals surface area contributed by atoms with Crippen molar-refractivity contribution in [1.29, 1.82) is 0 Å². The number of hydrogen-bond donors (Lipinski definition) is 0. The predicted octanol–water partition coefficient (Wildman–Crippen LogP) is 5.39. The zero-order chi connectivity index (χ0) is 19.0. The van der Waals surface area contributed by atoms with Gasteiger partial charge in [-0.2, -0.15) is 8.42 Å². The van der Waals surface area contributed by atoms with Gasteiger partial charge in [-0.05, 0) is 49.7 Å². The molecule has 0 aromatic heterocycles. The van der Waals surface area contributed by atoms with E-state index >= 15 is 0 Å². The lowest BCUT2D eigenvalue weighted by Crippen LogP contribution is -2.28. The number of hydrogen-bond acceptors (Lipinski definition) is 7. The van der Waals surface area contributed by atoms with Gasteiger partial charge in [0.1, 0.15) is 11.5 Å². The maximum absolute atomic E-state index is 12.7. The molecule has 0 bridgehead atoms. The molecular formula is C17H27O6PS2. The van der Waals surface area contributed by atoms with Crippen LogP contribution in [0.4, 0.5) is 0 Å². The van der Waals surface area contributed by atoms with Crippen molar-refractivity contribution < 1.29 is 26.2 Å².